The van der Waals surface area contributed by atoms with E-state index in [4.69, 9.17) is 11.6 Å². The Labute approximate surface area is 126 Å². The topological polar surface area (TPSA) is 24.9 Å². The highest BCUT2D eigenvalue weighted by Crippen LogP contribution is 2.30. The fraction of sp³-hybridized carbons (Fsp3) is 0.267. The number of nitrogens with zero attached hydrogens (tertiary/aromatic N) is 1. The molecule has 0 saturated carbocycles. The van der Waals surface area contributed by atoms with Crippen LogP contribution in [0.1, 0.15) is 18.2 Å². The number of hydrogen-bond acceptors (Lipinski definition) is 2. The van der Waals surface area contributed by atoms with E-state index in [1.54, 1.807) is 0 Å². The third-order valence-electron chi connectivity index (χ3n) is 3.12. The third-order valence-corrected chi connectivity index (χ3v) is 3.66. The lowest BCUT2D eigenvalue weighted by molar-refractivity contribution is -0.141. The smallest absolute Gasteiger partial charge is 0.360 e. The van der Waals surface area contributed by atoms with Crippen molar-refractivity contribution >= 4 is 17.4 Å². The number of pyridine rings is 1. The summed E-state index contributed by atoms with van der Waals surface area (Å²) in [5, 5.41) is 2.99. The fourth-order valence-electron chi connectivity index (χ4n) is 1.93. The first-order chi connectivity index (χ1) is 9.85. The lowest BCUT2D eigenvalue weighted by Gasteiger charge is -2.30. The van der Waals surface area contributed by atoms with Crippen molar-refractivity contribution in [3.63, 3.8) is 0 Å². The summed E-state index contributed by atoms with van der Waals surface area (Å²) in [6.07, 6.45) is -4.47. The monoisotopic (exact) mass is 314 g/mol. The normalized spacial score (nSPS) is 14.5. The van der Waals surface area contributed by atoms with Gasteiger partial charge in [0.25, 0.3) is 0 Å². The molecule has 0 aliphatic rings. The summed E-state index contributed by atoms with van der Waals surface area (Å²) in [6.45, 7) is 1.82. The molecule has 112 valence electrons. The molecule has 2 nitrogen and oxygen atoms in total. The molecule has 1 unspecified atom stereocenters. The van der Waals surface area contributed by atoms with Crippen molar-refractivity contribution in [1.29, 1.82) is 0 Å². The van der Waals surface area contributed by atoms with Gasteiger partial charge in [0.1, 0.15) is 11.5 Å². The highest BCUT2D eigenvalue weighted by Gasteiger charge is 2.33. The molecule has 2 rings (SSSR count). The Morgan fingerprint density at radius 3 is 2.29 bits per heavy atom. The van der Waals surface area contributed by atoms with E-state index in [9.17, 15) is 13.2 Å². The summed E-state index contributed by atoms with van der Waals surface area (Å²) < 4.78 is 38.1. The average Bonchev–Trinajstić information content (AvgIpc) is 2.47. The zero-order chi connectivity index (χ0) is 15.5. The minimum Gasteiger partial charge on any atom is -0.360 e. The van der Waals surface area contributed by atoms with E-state index < -0.39 is 17.4 Å². The molecule has 1 heterocycles. The third kappa shape index (κ3) is 3.67. The van der Waals surface area contributed by atoms with Gasteiger partial charge in [0.15, 0.2) is 0 Å². The van der Waals surface area contributed by atoms with Gasteiger partial charge in [-0.1, -0.05) is 36.4 Å². The van der Waals surface area contributed by atoms with Gasteiger partial charge in [-0.3, -0.25) is 0 Å². The van der Waals surface area contributed by atoms with E-state index >= 15 is 0 Å². The van der Waals surface area contributed by atoms with E-state index in [0.717, 1.165) is 11.6 Å². The molecule has 0 fully saturated rings. The molecular formula is C15H14ClF3N2. The first-order valence-electron chi connectivity index (χ1n) is 6.29. The molecular weight excluding hydrogens is 301 g/mol. The molecule has 1 aromatic carbocycles. The number of nitrogens with one attached hydrogen (secondary N) is 1. The summed E-state index contributed by atoms with van der Waals surface area (Å²) in [5.41, 5.74) is -0.767. The fourth-order valence-corrected chi connectivity index (χ4v) is 2.15. The molecule has 0 spiro atoms. The quantitative estimate of drug-likeness (QED) is 0.830. The molecule has 0 saturated heterocycles. The standard InChI is InChI=1S/C15H14ClF3N2/c1-14(10-16,11-6-3-2-4-7-11)21-13-9-5-8-12(20-13)15(17,18)19/h2-9H,10H2,1H3,(H,20,21). The molecule has 0 bridgehead atoms. The van der Waals surface area contributed by atoms with Gasteiger partial charge >= 0.3 is 6.18 Å². The van der Waals surface area contributed by atoms with Gasteiger partial charge in [-0.15, -0.1) is 11.6 Å². The number of benzene rings is 1. The maximum Gasteiger partial charge on any atom is 0.433 e. The van der Waals surface area contributed by atoms with Crippen LogP contribution in [0.5, 0.6) is 0 Å². The molecule has 1 aromatic heterocycles. The maximum atomic E-state index is 12.7. The average molecular weight is 315 g/mol. The van der Waals surface area contributed by atoms with Gasteiger partial charge in [0.05, 0.1) is 5.54 Å². The summed E-state index contributed by atoms with van der Waals surface area (Å²) in [6, 6.07) is 13.0. The summed E-state index contributed by atoms with van der Waals surface area (Å²) in [5.74, 6) is 0.325. The van der Waals surface area contributed by atoms with Crippen molar-refractivity contribution in [2.75, 3.05) is 11.2 Å². The molecule has 0 amide bonds. The number of aromatic nitrogens is 1. The molecule has 1 N–H and O–H groups in total. The zero-order valence-corrected chi connectivity index (χ0v) is 12.0. The molecule has 6 heteroatoms. The molecule has 2 aromatic rings. The minimum atomic E-state index is -4.47. The van der Waals surface area contributed by atoms with E-state index in [-0.39, 0.29) is 11.7 Å². The van der Waals surface area contributed by atoms with Crippen molar-refractivity contribution in [2.45, 2.75) is 18.6 Å². The van der Waals surface area contributed by atoms with Crippen LogP contribution in [0.15, 0.2) is 48.5 Å². The Morgan fingerprint density at radius 1 is 1.05 bits per heavy atom. The van der Waals surface area contributed by atoms with Gasteiger partial charge < -0.3 is 5.32 Å². The van der Waals surface area contributed by atoms with Crippen molar-refractivity contribution < 1.29 is 13.2 Å². The van der Waals surface area contributed by atoms with Crippen molar-refractivity contribution in [3.8, 4) is 0 Å². The largest absolute Gasteiger partial charge is 0.433 e. The van der Waals surface area contributed by atoms with Crippen LogP contribution < -0.4 is 5.32 Å². The van der Waals surface area contributed by atoms with Crippen molar-refractivity contribution in [1.82, 2.24) is 4.98 Å². The Kier molecular flexibility index (Phi) is 4.42. The van der Waals surface area contributed by atoms with Gasteiger partial charge in [-0.25, -0.2) is 4.98 Å². The Morgan fingerprint density at radius 2 is 1.71 bits per heavy atom. The molecule has 0 aliphatic heterocycles. The molecule has 1 atom stereocenters. The number of rotatable bonds is 4. The van der Waals surface area contributed by atoms with E-state index in [0.29, 0.717) is 0 Å². The van der Waals surface area contributed by atoms with Crippen LogP contribution in [0.25, 0.3) is 0 Å². The Bertz CT molecular complexity index is 601. The number of halogens is 4. The second-order valence-corrected chi connectivity index (χ2v) is 5.13. The SMILES string of the molecule is CC(CCl)(Nc1cccc(C(F)(F)F)n1)c1ccccc1. The van der Waals surface area contributed by atoms with Gasteiger partial charge in [0, 0.05) is 5.88 Å². The minimum absolute atomic E-state index is 0.136. The number of alkyl halides is 4. The van der Waals surface area contributed by atoms with Gasteiger partial charge in [-0.2, -0.15) is 13.2 Å². The van der Waals surface area contributed by atoms with E-state index in [2.05, 4.69) is 10.3 Å². The van der Waals surface area contributed by atoms with Gasteiger partial charge in [-0.05, 0) is 24.6 Å². The van der Waals surface area contributed by atoms with E-state index in [1.165, 1.54) is 12.1 Å². The molecule has 0 aliphatic carbocycles. The summed E-state index contributed by atoms with van der Waals surface area (Å²) in [4.78, 5) is 3.61. The number of hydrogen-bond donors (Lipinski definition) is 1. The predicted molar refractivity (Wildman–Crippen MR) is 77.4 cm³/mol. The highest BCUT2D eigenvalue weighted by atomic mass is 35.5. The molecule has 21 heavy (non-hydrogen) atoms. The zero-order valence-electron chi connectivity index (χ0n) is 11.3. The number of anilines is 1. The van der Waals surface area contributed by atoms with Crippen LogP contribution >= 0.6 is 11.6 Å². The summed E-state index contributed by atoms with van der Waals surface area (Å²) >= 11 is 6.01. The van der Waals surface area contributed by atoms with Crippen LogP contribution in [0, 0.1) is 0 Å². The predicted octanol–water partition coefficient (Wildman–Crippen LogP) is 4.67. The van der Waals surface area contributed by atoms with Crippen molar-refractivity contribution in [3.05, 3.63) is 59.8 Å². The van der Waals surface area contributed by atoms with Crippen LogP contribution in [0.3, 0.4) is 0 Å². The van der Waals surface area contributed by atoms with Crippen LogP contribution in [0.2, 0.25) is 0 Å². The maximum absolute atomic E-state index is 12.7. The summed E-state index contributed by atoms with van der Waals surface area (Å²) in [7, 11) is 0. The Balaban J connectivity index is 2.31. The lowest BCUT2D eigenvalue weighted by atomic mass is 9.94. The first kappa shape index (κ1) is 15.6. The van der Waals surface area contributed by atoms with E-state index in [1.807, 2.05) is 37.3 Å². The highest BCUT2D eigenvalue weighted by molar-refractivity contribution is 6.18. The second-order valence-electron chi connectivity index (χ2n) is 4.86. The Hall–Kier alpha value is -1.75. The van der Waals surface area contributed by atoms with Crippen LogP contribution in [-0.4, -0.2) is 10.9 Å². The second kappa shape index (κ2) is 5.93. The van der Waals surface area contributed by atoms with Crippen molar-refractivity contribution in [2.24, 2.45) is 0 Å². The van der Waals surface area contributed by atoms with Crippen LogP contribution in [-0.2, 0) is 11.7 Å². The van der Waals surface area contributed by atoms with Crippen LogP contribution in [0.4, 0.5) is 19.0 Å². The van der Waals surface area contributed by atoms with Gasteiger partial charge in [0.2, 0.25) is 0 Å². The lowest BCUT2D eigenvalue weighted by Crippen LogP contribution is -2.34. The molecule has 0 radical (unpaired) electrons. The first-order valence-corrected chi connectivity index (χ1v) is 6.82.